The van der Waals surface area contributed by atoms with E-state index in [-0.39, 0.29) is 0 Å². The van der Waals surface area contributed by atoms with Crippen molar-refractivity contribution in [2.24, 2.45) is 0 Å². The number of rotatable bonds is 2. The molecule has 8 heteroatoms. The first-order chi connectivity index (χ1) is 7.67. The lowest BCUT2D eigenvalue weighted by molar-refractivity contribution is -0.000999. The Kier molecular flexibility index (Phi) is 4.56. The fraction of sp³-hybridized carbons (Fsp3) is 0.900. The van der Waals surface area contributed by atoms with Gasteiger partial charge in [0.25, 0.3) is 9.84 Å². The summed E-state index contributed by atoms with van der Waals surface area (Å²) in [5.41, 5.74) is 8.80. The van der Waals surface area contributed by atoms with Gasteiger partial charge >= 0.3 is 5.04 Å². The highest BCUT2D eigenvalue weighted by atomic mass is 32.2. The van der Waals surface area contributed by atoms with Gasteiger partial charge in [-0.2, -0.15) is 4.79 Å². The SMILES string of the molecule is CC(C)(C)S(=O)(=O)CC(=[N+]=[N-])S(=O)(=O)C(C)(C)C. The van der Waals surface area contributed by atoms with Crippen LogP contribution in [0.3, 0.4) is 0 Å². The largest absolute Gasteiger partial charge is 0.396 e. The van der Waals surface area contributed by atoms with Crippen LogP contribution >= 0.6 is 0 Å². The molecule has 0 unspecified atom stereocenters. The fourth-order valence-electron chi connectivity index (χ4n) is 0.893. The van der Waals surface area contributed by atoms with Crippen LogP contribution in [0.2, 0.25) is 0 Å². The van der Waals surface area contributed by atoms with Gasteiger partial charge in [-0.25, -0.2) is 16.8 Å². The Bertz CT molecular complexity index is 568. The van der Waals surface area contributed by atoms with E-state index in [4.69, 9.17) is 5.53 Å². The average molecular weight is 296 g/mol. The van der Waals surface area contributed by atoms with Gasteiger partial charge in [-0.1, -0.05) is 0 Å². The molecule has 0 rings (SSSR count). The predicted octanol–water partition coefficient (Wildman–Crippen LogP) is 1.04. The summed E-state index contributed by atoms with van der Waals surface area (Å²) in [6.07, 6.45) is 0. The maximum absolute atomic E-state index is 12.0. The second-order valence-corrected chi connectivity index (χ2v) is 11.4. The number of hydrogen-bond donors (Lipinski definition) is 0. The van der Waals surface area contributed by atoms with Crippen LogP contribution in [0.15, 0.2) is 0 Å². The second kappa shape index (κ2) is 4.75. The van der Waals surface area contributed by atoms with Gasteiger partial charge in [-0.15, -0.1) is 0 Å². The highest BCUT2D eigenvalue weighted by Gasteiger charge is 2.45. The molecule has 0 aliphatic carbocycles. The predicted molar refractivity (Wildman–Crippen MR) is 70.8 cm³/mol. The Hall–Kier alpha value is -0.720. The normalized spacial score (nSPS) is 14.1. The fourth-order valence-corrected chi connectivity index (χ4v) is 3.61. The monoisotopic (exact) mass is 296 g/mol. The number of nitrogens with zero attached hydrogens (tertiary/aromatic N) is 2. The number of sulfone groups is 2. The van der Waals surface area contributed by atoms with E-state index in [0.717, 1.165) is 0 Å². The summed E-state index contributed by atoms with van der Waals surface area (Å²) in [6, 6.07) is 0. The third-order valence-corrected chi connectivity index (χ3v) is 7.64. The van der Waals surface area contributed by atoms with E-state index in [1.54, 1.807) is 0 Å². The van der Waals surface area contributed by atoms with Crippen molar-refractivity contribution in [1.82, 2.24) is 0 Å². The van der Waals surface area contributed by atoms with Crippen LogP contribution in [0.4, 0.5) is 0 Å². The van der Waals surface area contributed by atoms with E-state index in [0.29, 0.717) is 0 Å². The van der Waals surface area contributed by atoms with Gasteiger partial charge in [0.15, 0.2) is 15.6 Å². The maximum Gasteiger partial charge on any atom is 0.396 e. The Morgan fingerprint density at radius 2 is 1.33 bits per heavy atom. The zero-order valence-electron chi connectivity index (χ0n) is 11.6. The molecule has 0 bridgehead atoms. The Balaban J connectivity index is 5.70. The minimum atomic E-state index is -3.96. The zero-order valence-corrected chi connectivity index (χ0v) is 13.2. The van der Waals surface area contributed by atoms with Crippen molar-refractivity contribution >= 4 is 24.7 Å². The Morgan fingerprint density at radius 3 is 1.56 bits per heavy atom. The van der Waals surface area contributed by atoms with Gasteiger partial charge in [0.1, 0.15) is 0 Å². The molecular formula is C10H20N2O4S2. The van der Waals surface area contributed by atoms with E-state index in [1.165, 1.54) is 41.5 Å². The van der Waals surface area contributed by atoms with E-state index in [2.05, 4.69) is 4.79 Å². The molecule has 0 aromatic heterocycles. The van der Waals surface area contributed by atoms with Crippen molar-refractivity contribution in [1.29, 1.82) is 0 Å². The average Bonchev–Trinajstić information content (AvgIpc) is 2.10. The highest BCUT2D eigenvalue weighted by molar-refractivity contribution is 8.09. The standard InChI is InChI=1S/C10H20N2O4S2/c1-9(2,3)17(13,14)7-8(12-11)18(15,16)10(4,5)6/h7H2,1-6H3. The van der Waals surface area contributed by atoms with E-state index >= 15 is 0 Å². The molecule has 0 heterocycles. The van der Waals surface area contributed by atoms with Gasteiger partial charge < -0.3 is 5.53 Å². The van der Waals surface area contributed by atoms with Gasteiger partial charge in [0.2, 0.25) is 0 Å². The van der Waals surface area contributed by atoms with Crippen LogP contribution < -0.4 is 0 Å². The minimum absolute atomic E-state index is 0.718. The van der Waals surface area contributed by atoms with Crippen LogP contribution in [-0.2, 0) is 19.7 Å². The maximum atomic E-state index is 12.0. The molecule has 0 fully saturated rings. The van der Waals surface area contributed by atoms with Crippen molar-refractivity contribution in [3.8, 4) is 0 Å². The molecular weight excluding hydrogens is 276 g/mol. The Morgan fingerprint density at radius 1 is 0.944 bits per heavy atom. The molecule has 106 valence electrons. The lowest BCUT2D eigenvalue weighted by Crippen LogP contribution is -2.41. The van der Waals surface area contributed by atoms with E-state index < -0.39 is 40.0 Å². The molecule has 0 atom stereocenters. The quantitative estimate of drug-likeness (QED) is 0.328. The second-order valence-electron chi connectivity index (χ2n) is 5.98. The molecule has 0 saturated heterocycles. The molecule has 0 amide bonds. The van der Waals surface area contributed by atoms with Gasteiger partial charge in [-0.05, 0) is 41.5 Å². The van der Waals surface area contributed by atoms with Crippen LogP contribution in [0.25, 0.3) is 5.53 Å². The molecule has 0 spiro atoms. The van der Waals surface area contributed by atoms with Crippen LogP contribution in [-0.4, -0.2) is 41.9 Å². The molecule has 0 saturated carbocycles. The van der Waals surface area contributed by atoms with Crippen molar-refractivity contribution in [3.63, 3.8) is 0 Å². The molecule has 0 aliphatic heterocycles. The summed E-state index contributed by atoms with van der Waals surface area (Å²) in [5.74, 6) is -0.799. The molecule has 0 aromatic rings. The Labute approximate surface area is 109 Å². The summed E-state index contributed by atoms with van der Waals surface area (Å²) in [5, 5.41) is -0.718. The van der Waals surface area contributed by atoms with Crippen LogP contribution in [0, 0.1) is 0 Å². The van der Waals surface area contributed by atoms with Gasteiger partial charge in [-0.3, -0.25) is 0 Å². The third-order valence-electron chi connectivity index (χ3n) is 2.47. The van der Waals surface area contributed by atoms with Gasteiger partial charge in [0.05, 0.1) is 9.49 Å². The first-order valence-electron chi connectivity index (χ1n) is 5.34. The third kappa shape index (κ3) is 3.40. The zero-order chi connectivity index (χ0) is 15.0. The summed E-state index contributed by atoms with van der Waals surface area (Å²) in [7, 11) is -7.68. The van der Waals surface area contributed by atoms with Crippen LogP contribution in [0.1, 0.15) is 41.5 Å². The first-order valence-corrected chi connectivity index (χ1v) is 8.48. The van der Waals surface area contributed by atoms with Gasteiger partial charge in [0, 0.05) is 0 Å². The van der Waals surface area contributed by atoms with Crippen LogP contribution in [0.5, 0.6) is 0 Å². The first kappa shape index (κ1) is 17.3. The van der Waals surface area contributed by atoms with Crippen molar-refractivity contribution < 1.29 is 21.6 Å². The van der Waals surface area contributed by atoms with E-state index in [1.807, 2.05) is 0 Å². The minimum Gasteiger partial charge on any atom is -0.360 e. The molecule has 0 aromatic carbocycles. The summed E-state index contributed by atoms with van der Waals surface area (Å²) >= 11 is 0. The van der Waals surface area contributed by atoms with Crippen molar-refractivity contribution in [2.75, 3.05) is 5.75 Å². The molecule has 0 N–H and O–H groups in total. The lowest BCUT2D eigenvalue weighted by Gasteiger charge is -2.20. The highest BCUT2D eigenvalue weighted by Crippen LogP contribution is 2.21. The molecule has 0 radical (unpaired) electrons. The summed E-state index contributed by atoms with van der Waals surface area (Å²) in [4.78, 5) is 2.67. The van der Waals surface area contributed by atoms with E-state index in [9.17, 15) is 16.8 Å². The topological polar surface area (TPSA) is 105 Å². The summed E-state index contributed by atoms with van der Waals surface area (Å²) in [6.45, 7) is 8.62. The number of hydrogen-bond acceptors (Lipinski definition) is 4. The lowest BCUT2D eigenvalue weighted by atomic mass is 10.3. The molecule has 18 heavy (non-hydrogen) atoms. The van der Waals surface area contributed by atoms with Crippen molar-refractivity contribution in [3.05, 3.63) is 5.53 Å². The van der Waals surface area contributed by atoms with Crippen molar-refractivity contribution in [2.45, 2.75) is 51.0 Å². The smallest absolute Gasteiger partial charge is 0.360 e. The molecule has 0 aliphatic rings. The summed E-state index contributed by atoms with van der Waals surface area (Å²) < 4.78 is 45.6. The molecule has 6 nitrogen and oxygen atoms in total.